The van der Waals surface area contributed by atoms with Crippen LogP contribution in [0.2, 0.25) is 0 Å². The number of hydrogen-bond acceptors (Lipinski definition) is 6. The van der Waals surface area contributed by atoms with Crippen molar-refractivity contribution in [1.29, 1.82) is 0 Å². The van der Waals surface area contributed by atoms with E-state index in [-0.39, 0.29) is 18.2 Å². The third-order valence-electron chi connectivity index (χ3n) is 4.82. The number of amides is 2. The van der Waals surface area contributed by atoms with Crippen molar-refractivity contribution >= 4 is 6.03 Å². The Balaban J connectivity index is 1.39. The van der Waals surface area contributed by atoms with Gasteiger partial charge < -0.3 is 35.4 Å². The normalized spacial score (nSPS) is 32.9. The van der Waals surface area contributed by atoms with E-state index in [4.69, 9.17) is 9.47 Å². The minimum atomic E-state index is -0.588. The smallest absolute Gasteiger partial charge is 0.317 e. The van der Waals surface area contributed by atoms with Crippen molar-refractivity contribution in [3.63, 3.8) is 0 Å². The van der Waals surface area contributed by atoms with E-state index in [2.05, 4.69) is 16.0 Å². The van der Waals surface area contributed by atoms with E-state index in [1.54, 1.807) is 4.90 Å². The summed E-state index contributed by atoms with van der Waals surface area (Å²) in [6, 6.07) is 0.267. The number of ether oxygens (including phenoxy) is 2. The first-order chi connectivity index (χ1) is 11.2. The van der Waals surface area contributed by atoms with E-state index in [0.29, 0.717) is 45.5 Å². The molecule has 23 heavy (non-hydrogen) atoms. The summed E-state index contributed by atoms with van der Waals surface area (Å²) in [5.74, 6) is 0. The summed E-state index contributed by atoms with van der Waals surface area (Å²) in [5.41, 5.74) is 0. The summed E-state index contributed by atoms with van der Waals surface area (Å²) >= 11 is 0. The molecular weight excluding hydrogens is 300 g/mol. The van der Waals surface area contributed by atoms with Crippen molar-refractivity contribution in [3.05, 3.63) is 0 Å². The molecular formula is C15H28N4O4. The Bertz CT molecular complexity index is 386. The van der Waals surface area contributed by atoms with Gasteiger partial charge in [0.2, 0.25) is 0 Å². The van der Waals surface area contributed by atoms with Gasteiger partial charge in [-0.15, -0.1) is 0 Å². The van der Waals surface area contributed by atoms with Crippen molar-refractivity contribution in [1.82, 2.24) is 20.9 Å². The zero-order valence-electron chi connectivity index (χ0n) is 13.5. The lowest BCUT2D eigenvalue weighted by Gasteiger charge is -2.29. The molecule has 0 aromatic rings. The molecule has 0 aliphatic carbocycles. The molecule has 132 valence electrons. The zero-order valence-corrected chi connectivity index (χ0v) is 13.5. The molecule has 2 amide bonds. The van der Waals surface area contributed by atoms with Crippen LogP contribution in [0.1, 0.15) is 12.8 Å². The molecule has 3 saturated heterocycles. The Labute approximate surface area is 136 Å². The molecule has 8 heteroatoms. The van der Waals surface area contributed by atoms with E-state index in [0.717, 1.165) is 25.9 Å². The van der Waals surface area contributed by atoms with Gasteiger partial charge in [-0.05, 0) is 25.9 Å². The number of aliphatic hydroxyl groups excluding tert-OH is 1. The van der Waals surface area contributed by atoms with E-state index in [1.807, 2.05) is 0 Å². The van der Waals surface area contributed by atoms with Crippen LogP contribution in [0.5, 0.6) is 0 Å². The number of rotatable bonds is 4. The number of carbonyl (C=O) groups excluding carboxylic acids is 1. The van der Waals surface area contributed by atoms with Gasteiger partial charge in [-0.2, -0.15) is 0 Å². The van der Waals surface area contributed by atoms with Gasteiger partial charge in [-0.3, -0.25) is 0 Å². The highest BCUT2D eigenvalue weighted by molar-refractivity contribution is 5.74. The first-order valence-corrected chi connectivity index (χ1v) is 8.61. The van der Waals surface area contributed by atoms with Crippen LogP contribution in [0, 0.1) is 0 Å². The van der Waals surface area contributed by atoms with Gasteiger partial charge in [0.1, 0.15) is 6.10 Å². The van der Waals surface area contributed by atoms with Crippen LogP contribution >= 0.6 is 0 Å². The van der Waals surface area contributed by atoms with Crippen LogP contribution in [0.4, 0.5) is 4.79 Å². The Kier molecular flexibility index (Phi) is 6.07. The molecule has 0 aromatic carbocycles. The number of nitrogens with one attached hydrogen (secondary N) is 3. The van der Waals surface area contributed by atoms with Gasteiger partial charge in [-0.25, -0.2) is 4.79 Å². The zero-order chi connectivity index (χ0) is 16.1. The van der Waals surface area contributed by atoms with Crippen molar-refractivity contribution in [2.75, 3.05) is 52.5 Å². The monoisotopic (exact) mass is 328 g/mol. The Morgan fingerprint density at radius 3 is 2.74 bits per heavy atom. The van der Waals surface area contributed by atoms with Crippen LogP contribution in [0.25, 0.3) is 0 Å². The summed E-state index contributed by atoms with van der Waals surface area (Å²) in [4.78, 5) is 13.8. The van der Waals surface area contributed by atoms with Crippen molar-refractivity contribution < 1.29 is 19.4 Å². The minimum Gasteiger partial charge on any atom is -0.389 e. The molecule has 4 N–H and O–H groups in total. The highest BCUT2D eigenvalue weighted by atomic mass is 16.5. The summed E-state index contributed by atoms with van der Waals surface area (Å²) in [7, 11) is 0. The average Bonchev–Trinajstić information content (AvgIpc) is 2.94. The molecule has 3 aliphatic heterocycles. The third-order valence-corrected chi connectivity index (χ3v) is 4.82. The summed E-state index contributed by atoms with van der Waals surface area (Å²) in [6.45, 7) is 5.24. The van der Waals surface area contributed by atoms with Crippen LogP contribution in [-0.2, 0) is 9.47 Å². The Hall–Kier alpha value is -0.930. The largest absolute Gasteiger partial charge is 0.389 e. The highest BCUT2D eigenvalue weighted by Crippen LogP contribution is 2.16. The molecule has 0 aromatic heterocycles. The standard InChI is InChI=1S/C15H28N4O4/c20-14-12(18-11-1-3-16-4-2-11)10-23-13(14)9-17-15(21)19-5-7-22-8-6-19/h11-14,16,18,20H,1-10H2,(H,17,21). The van der Waals surface area contributed by atoms with Crippen LogP contribution in [0.15, 0.2) is 0 Å². The van der Waals surface area contributed by atoms with Crippen LogP contribution in [0.3, 0.4) is 0 Å². The molecule has 3 fully saturated rings. The molecule has 3 unspecified atom stereocenters. The first kappa shape index (κ1) is 16.9. The molecule has 0 radical (unpaired) electrons. The summed E-state index contributed by atoms with van der Waals surface area (Å²) in [6.07, 6.45) is 1.21. The van der Waals surface area contributed by atoms with Crippen LogP contribution < -0.4 is 16.0 Å². The fourth-order valence-electron chi connectivity index (χ4n) is 3.37. The molecule has 3 atom stereocenters. The summed E-state index contributed by atoms with van der Waals surface area (Å²) in [5, 5.41) is 20.1. The Morgan fingerprint density at radius 2 is 2.00 bits per heavy atom. The van der Waals surface area contributed by atoms with E-state index < -0.39 is 6.10 Å². The number of aliphatic hydroxyl groups is 1. The predicted octanol–water partition coefficient (Wildman–Crippen LogP) is -1.50. The molecule has 3 rings (SSSR count). The summed E-state index contributed by atoms with van der Waals surface area (Å²) < 4.78 is 10.9. The van der Waals surface area contributed by atoms with Gasteiger partial charge in [-0.1, -0.05) is 0 Å². The number of hydrogen-bond donors (Lipinski definition) is 4. The number of nitrogens with zero attached hydrogens (tertiary/aromatic N) is 1. The van der Waals surface area contributed by atoms with Crippen LogP contribution in [-0.4, -0.2) is 92.9 Å². The van der Waals surface area contributed by atoms with Gasteiger partial charge in [0.15, 0.2) is 0 Å². The van der Waals surface area contributed by atoms with E-state index >= 15 is 0 Å². The number of carbonyl (C=O) groups is 1. The lowest BCUT2D eigenvalue weighted by molar-refractivity contribution is 0.0357. The number of morpholine rings is 1. The average molecular weight is 328 g/mol. The minimum absolute atomic E-state index is 0.0524. The number of urea groups is 1. The van der Waals surface area contributed by atoms with Gasteiger partial charge in [0.05, 0.1) is 32.0 Å². The first-order valence-electron chi connectivity index (χ1n) is 8.61. The van der Waals surface area contributed by atoms with Crippen molar-refractivity contribution in [2.24, 2.45) is 0 Å². The fourth-order valence-corrected chi connectivity index (χ4v) is 3.37. The van der Waals surface area contributed by atoms with Crippen molar-refractivity contribution in [3.8, 4) is 0 Å². The maximum absolute atomic E-state index is 12.1. The fraction of sp³-hybridized carbons (Fsp3) is 0.933. The van der Waals surface area contributed by atoms with Gasteiger partial charge in [0.25, 0.3) is 0 Å². The van der Waals surface area contributed by atoms with Crippen molar-refractivity contribution in [2.45, 2.75) is 37.1 Å². The second-order valence-electron chi connectivity index (χ2n) is 6.45. The molecule has 3 aliphatic rings. The van der Waals surface area contributed by atoms with Gasteiger partial charge >= 0.3 is 6.03 Å². The predicted molar refractivity (Wildman–Crippen MR) is 84.4 cm³/mol. The molecule has 0 saturated carbocycles. The molecule has 3 heterocycles. The lowest BCUT2D eigenvalue weighted by atomic mass is 10.0. The molecule has 0 spiro atoms. The van der Waals surface area contributed by atoms with E-state index in [9.17, 15) is 9.90 Å². The topological polar surface area (TPSA) is 95.1 Å². The molecule has 8 nitrogen and oxygen atoms in total. The SMILES string of the molecule is O=C(NCC1OCC(NC2CCNCC2)C1O)N1CCOCC1. The third kappa shape index (κ3) is 4.54. The number of piperidine rings is 1. The second-order valence-corrected chi connectivity index (χ2v) is 6.45. The maximum atomic E-state index is 12.1. The maximum Gasteiger partial charge on any atom is 0.317 e. The highest BCUT2D eigenvalue weighted by Gasteiger charge is 2.37. The second kappa shape index (κ2) is 8.25. The molecule has 0 bridgehead atoms. The van der Waals surface area contributed by atoms with Gasteiger partial charge in [0, 0.05) is 25.7 Å². The Morgan fingerprint density at radius 1 is 1.26 bits per heavy atom. The van der Waals surface area contributed by atoms with E-state index in [1.165, 1.54) is 0 Å². The lowest BCUT2D eigenvalue weighted by Crippen LogP contribution is -2.52. The quantitative estimate of drug-likeness (QED) is 0.502.